The Labute approximate surface area is 200 Å². The minimum atomic E-state index is -0.174. The van der Waals surface area contributed by atoms with Crippen LogP contribution in [0.25, 0.3) is 21.9 Å². The van der Waals surface area contributed by atoms with Gasteiger partial charge in [-0.1, -0.05) is 23.2 Å². The predicted octanol–water partition coefficient (Wildman–Crippen LogP) is 4.41. The Balaban J connectivity index is 1.43. The van der Waals surface area contributed by atoms with Crippen molar-refractivity contribution in [3.05, 3.63) is 58.1 Å². The number of fused-ring (bicyclic) bond motifs is 2. The Morgan fingerprint density at radius 3 is 2.91 bits per heavy atom. The zero-order valence-corrected chi connectivity index (χ0v) is 19.5. The fraction of sp³-hybridized carbons (Fsp3) is 0.304. The van der Waals surface area contributed by atoms with Crippen molar-refractivity contribution in [1.29, 1.82) is 0 Å². The highest BCUT2D eigenvalue weighted by Gasteiger charge is 2.27. The molecule has 4 N–H and O–H groups in total. The molecule has 0 aliphatic carbocycles. The van der Waals surface area contributed by atoms with Gasteiger partial charge in [-0.25, -0.2) is 15.0 Å². The molecule has 1 aliphatic heterocycles. The van der Waals surface area contributed by atoms with E-state index < -0.39 is 0 Å². The van der Waals surface area contributed by atoms with Crippen molar-refractivity contribution in [1.82, 2.24) is 24.8 Å². The van der Waals surface area contributed by atoms with Crippen LogP contribution in [0.3, 0.4) is 0 Å². The van der Waals surface area contributed by atoms with Crippen LogP contribution < -0.4 is 11.1 Å². The molecule has 2 aromatic carbocycles. The summed E-state index contributed by atoms with van der Waals surface area (Å²) < 4.78 is 0. The number of H-pyrrole nitrogens is 1. The largest absolute Gasteiger partial charge is 0.360 e. The van der Waals surface area contributed by atoms with Crippen LogP contribution in [0.15, 0.2) is 36.7 Å². The smallest absolute Gasteiger partial charge is 0.255 e. The first kappa shape index (κ1) is 21.9. The van der Waals surface area contributed by atoms with E-state index in [-0.39, 0.29) is 11.9 Å². The third-order valence-electron chi connectivity index (χ3n) is 6.09. The number of nitrogens with one attached hydrogen (secondary N) is 2. The van der Waals surface area contributed by atoms with Gasteiger partial charge in [-0.2, -0.15) is 0 Å². The highest BCUT2D eigenvalue weighted by atomic mass is 35.5. The van der Waals surface area contributed by atoms with Crippen LogP contribution in [0.4, 0.5) is 5.82 Å². The molecule has 33 heavy (non-hydrogen) atoms. The van der Waals surface area contributed by atoms with Crippen molar-refractivity contribution in [3.63, 3.8) is 0 Å². The number of carbonyl (C=O) groups is 1. The van der Waals surface area contributed by atoms with Crippen LogP contribution in [-0.2, 0) is 0 Å². The van der Waals surface area contributed by atoms with E-state index in [1.54, 1.807) is 17.0 Å². The molecule has 170 valence electrons. The summed E-state index contributed by atoms with van der Waals surface area (Å²) in [6.07, 6.45) is 2.38. The molecular weight excluding hydrogens is 461 g/mol. The fourth-order valence-corrected chi connectivity index (χ4v) is 4.62. The monoisotopic (exact) mass is 483 g/mol. The number of rotatable bonds is 5. The molecular formula is C23H23Cl2N7O. The number of amides is 1. The van der Waals surface area contributed by atoms with E-state index in [1.807, 2.05) is 25.1 Å². The topological polar surface area (TPSA) is 113 Å². The lowest BCUT2D eigenvalue weighted by Crippen LogP contribution is -2.30. The molecule has 1 saturated heterocycles. The van der Waals surface area contributed by atoms with Gasteiger partial charge < -0.3 is 20.9 Å². The van der Waals surface area contributed by atoms with Crippen molar-refractivity contribution >= 4 is 56.9 Å². The van der Waals surface area contributed by atoms with Crippen molar-refractivity contribution in [3.8, 4) is 0 Å². The summed E-state index contributed by atoms with van der Waals surface area (Å²) in [6, 6.07) is 8.84. The molecule has 0 spiro atoms. The summed E-state index contributed by atoms with van der Waals surface area (Å²) in [5.74, 6) is 1.60. The molecule has 2 atom stereocenters. The van der Waals surface area contributed by atoms with E-state index in [1.165, 1.54) is 6.33 Å². The molecule has 3 heterocycles. The molecule has 4 aromatic rings. The summed E-state index contributed by atoms with van der Waals surface area (Å²) in [5, 5.41) is 5.11. The van der Waals surface area contributed by atoms with E-state index >= 15 is 0 Å². The first-order valence-corrected chi connectivity index (χ1v) is 11.5. The van der Waals surface area contributed by atoms with Gasteiger partial charge >= 0.3 is 0 Å². The Kier molecular flexibility index (Phi) is 5.82. The first-order chi connectivity index (χ1) is 15.9. The fourth-order valence-electron chi connectivity index (χ4n) is 4.21. The normalized spacial score (nSPS) is 17.1. The van der Waals surface area contributed by atoms with Gasteiger partial charge in [-0.15, -0.1) is 0 Å². The molecule has 0 bridgehead atoms. The predicted molar refractivity (Wildman–Crippen MR) is 131 cm³/mol. The third kappa shape index (κ3) is 4.21. The van der Waals surface area contributed by atoms with Gasteiger partial charge in [-0.3, -0.25) is 4.79 Å². The number of hydrogen-bond donors (Lipinski definition) is 3. The number of benzene rings is 2. The molecule has 2 aromatic heterocycles. The van der Waals surface area contributed by atoms with Gasteiger partial charge in [0.2, 0.25) is 0 Å². The maximum absolute atomic E-state index is 13.0. The minimum absolute atomic E-state index is 0.0970. The van der Waals surface area contributed by atoms with E-state index in [2.05, 4.69) is 25.3 Å². The zero-order valence-electron chi connectivity index (χ0n) is 18.0. The number of hydrogen-bond acceptors (Lipinski definition) is 6. The van der Waals surface area contributed by atoms with Crippen LogP contribution in [0.2, 0.25) is 10.0 Å². The lowest BCUT2D eigenvalue weighted by molar-refractivity contribution is 0.0788. The van der Waals surface area contributed by atoms with Crippen molar-refractivity contribution in [2.45, 2.75) is 19.4 Å². The lowest BCUT2D eigenvalue weighted by Gasteiger charge is -2.18. The maximum atomic E-state index is 13.0. The number of anilines is 1. The molecule has 0 radical (unpaired) electrons. The van der Waals surface area contributed by atoms with Crippen LogP contribution in [-0.4, -0.2) is 50.4 Å². The average molecular weight is 484 g/mol. The number of carbonyl (C=O) groups excluding carboxylic acids is 1. The number of aromatic amines is 1. The van der Waals surface area contributed by atoms with Gasteiger partial charge in [0.1, 0.15) is 18.0 Å². The Bertz CT molecular complexity index is 1360. The first-order valence-electron chi connectivity index (χ1n) is 10.8. The van der Waals surface area contributed by atoms with Crippen molar-refractivity contribution in [2.24, 2.45) is 11.7 Å². The van der Waals surface area contributed by atoms with E-state index in [9.17, 15) is 4.79 Å². The second kappa shape index (κ2) is 8.78. The van der Waals surface area contributed by atoms with Gasteiger partial charge in [0.25, 0.3) is 5.91 Å². The molecule has 1 aliphatic rings. The molecule has 0 saturated carbocycles. The summed E-state index contributed by atoms with van der Waals surface area (Å²) in [6.45, 7) is 3.90. The Morgan fingerprint density at radius 2 is 2.12 bits per heavy atom. The lowest BCUT2D eigenvalue weighted by atomic mass is 10.1. The third-order valence-corrected chi connectivity index (χ3v) is 6.64. The highest BCUT2D eigenvalue weighted by molar-refractivity contribution is 6.35. The summed E-state index contributed by atoms with van der Waals surface area (Å²) in [4.78, 5) is 31.6. The van der Waals surface area contributed by atoms with Gasteiger partial charge in [-0.05, 0) is 56.1 Å². The highest BCUT2D eigenvalue weighted by Crippen LogP contribution is 2.31. The summed E-state index contributed by atoms with van der Waals surface area (Å²) in [7, 11) is 0. The number of aromatic nitrogens is 4. The summed E-state index contributed by atoms with van der Waals surface area (Å²) in [5.41, 5.74) is 8.54. The number of likely N-dealkylation sites (tertiary alicyclic amines) is 1. The van der Waals surface area contributed by atoms with Crippen LogP contribution >= 0.6 is 23.2 Å². The zero-order chi connectivity index (χ0) is 23.1. The molecule has 1 fully saturated rings. The Hall–Kier alpha value is -2.94. The van der Waals surface area contributed by atoms with Gasteiger partial charge in [0.15, 0.2) is 0 Å². The summed E-state index contributed by atoms with van der Waals surface area (Å²) >= 11 is 12.6. The van der Waals surface area contributed by atoms with Crippen molar-refractivity contribution < 1.29 is 4.79 Å². The number of nitrogens with two attached hydrogens (primary N) is 1. The number of halogens is 2. The number of imidazole rings is 1. The quantitative estimate of drug-likeness (QED) is 0.387. The molecule has 5 rings (SSSR count). The van der Waals surface area contributed by atoms with Gasteiger partial charge in [0.05, 0.1) is 33.2 Å². The maximum Gasteiger partial charge on any atom is 0.255 e. The van der Waals surface area contributed by atoms with Crippen molar-refractivity contribution in [2.75, 3.05) is 25.0 Å². The molecule has 1 unspecified atom stereocenters. The SMILES string of the molecule is C[C@H](Nc1ncnc2cc(C(=O)N3CCC(CN)C3)c(Cl)cc12)c1nc2cc(Cl)ccc2[nH]1. The standard InChI is InChI=1S/C23H23Cl2N7O/c1-12(21-30-18-3-2-14(24)6-20(18)31-21)29-22-16-7-17(25)15(8-19(16)27-11-28-22)23(33)32-5-4-13(9-26)10-32/h2-3,6-8,11-13H,4-5,9-10,26H2,1H3,(H,30,31)(H,27,28,29)/t12-,13?/m0/s1. The second-order valence-corrected chi connectivity index (χ2v) is 9.21. The second-order valence-electron chi connectivity index (χ2n) is 8.36. The van der Waals surface area contributed by atoms with Crippen LogP contribution in [0.1, 0.15) is 35.6 Å². The molecule has 1 amide bonds. The van der Waals surface area contributed by atoms with Crippen LogP contribution in [0.5, 0.6) is 0 Å². The molecule has 8 nitrogen and oxygen atoms in total. The molecule has 10 heteroatoms. The average Bonchev–Trinajstić information content (AvgIpc) is 3.45. The van der Waals surface area contributed by atoms with Crippen LogP contribution in [0, 0.1) is 5.92 Å². The van der Waals surface area contributed by atoms with E-state index in [0.29, 0.717) is 52.5 Å². The number of nitrogens with zero attached hydrogens (tertiary/aromatic N) is 4. The minimum Gasteiger partial charge on any atom is -0.360 e. The Morgan fingerprint density at radius 1 is 1.27 bits per heavy atom. The van der Waals surface area contributed by atoms with E-state index in [0.717, 1.165) is 28.7 Å². The van der Waals surface area contributed by atoms with E-state index in [4.69, 9.17) is 28.9 Å². The van der Waals surface area contributed by atoms with Gasteiger partial charge in [0, 0.05) is 23.5 Å².